The van der Waals surface area contributed by atoms with Gasteiger partial charge in [-0.15, -0.1) is 0 Å². The molecule has 0 aliphatic rings. The molecule has 0 saturated heterocycles. The lowest BCUT2D eigenvalue weighted by Gasteiger charge is -2.33. The van der Waals surface area contributed by atoms with Crippen molar-refractivity contribution in [1.29, 1.82) is 0 Å². The first-order valence-electron chi connectivity index (χ1n) is 13.7. The molecule has 3 rings (SSSR count). The van der Waals surface area contributed by atoms with Crippen molar-refractivity contribution in [2.45, 2.75) is 52.1 Å². The molecule has 8 nitrogen and oxygen atoms in total. The number of anilines is 1. The number of hydrogen-bond acceptors (Lipinski definition) is 5. The first kappa shape index (κ1) is 31.7. The normalized spacial score (nSPS) is 12.3. The van der Waals surface area contributed by atoms with Crippen LogP contribution in [-0.2, 0) is 38.0 Å². The fourth-order valence-electron chi connectivity index (χ4n) is 4.55. The molecule has 0 saturated carbocycles. The van der Waals surface area contributed by atoms with E-state index in [1.54, 1.807) is 31.4 Å². The van der Waals surface area contributed by atoms with Crippen molar-refractivity contribution in [2.75, 3.05) is 30.8 Å². The maximum Gasteiger partial charge on any atom is 0.244 e. The standard InChI is InChI=1S/C32H41N3O5S/c1-7-33-31(37)29(21-24-12-9-8-10-13-24)34(22-25-14-11-15-28(20-25)40-5)30(36)23-35(41(6,38)39)27-18-16-26(17-19-27)32(2,3)4/h8-20,29H,7,21-23H2,1-6H3,(H,33,37). The molecule has 0 aromatic heterocycles. The molecule has 0 aliphatic heterocycles. The first-order valence-corrected chi connectivity index (χ1v) is 15.5. The summed E-state index contributed by atoms with van der Waals surface area (Å²) in [4.78, 5) is 29.0. The summed E-state index contributed by atoms with van der Waals surface area (Å²) in [7, 11) is -2.27. The Morgan fingerprint density at radius 1 is 0.927 bits per heavy atom. The fourth-order valence-corrected chi connectivity index (χ4v) is 5.40. The van der Waals surface area contributed by atoms with Gasteiger partial charge in [0.15, 0.2) is 0 Å². The van der Waals surface area contributed by atoms with Gasteiger partial charge in [-0.05, 0) is 53.3 Å². The van der Waals surface area contributed by atoms with E-state index in [9.17, 15) is 18.0 Å². The molecule has 9 heteroatoms. The van der Waals surface area contributed by atoms with Crippen molar-refractivity contribution in [3.8, 4) is 5.75 Å². The van der Waals surface area contributed by atoms with Gasteiger partial charge in [0, 0.05) is 19.5 Å². The average Bonchev–Trinajstić information content (AvgIpc) is 2.93. The first-order chi connectivity index (χ1) is 19.3. The zero-order valence-corrected chi connectivity index (χ0v) is 25.6. The Labute approximate surface area is 244 Å². The Morgan fingerprint density at radius 2 is 1.56 bits per heavy atom. The maximum absolute atomic E-state index is 14.1. The number of rotatable bonds is 12. The summed E-state index contributed by atoms with van der Waals surface area (Å²) in [5.41, 5.74) is 2.94. The van der Waals surface area contributed by atoms with Gasteiger partial charge in [-0.3, -0.25) is 13.9 Å². The van der Waals surface area contributed by atoms with Crippen molar-refractivity contribution < 1.29 is 22.7 Å². The van der Waals surface area contributed by atoms with Crippen molar-refractivity contribution in [3.63, 3.8) is 0 Å². The van der Waals surface area contributed by atoms with E-state index >= 15 is 0 Å². The summed E-state index contributed by atoms with van der Waals surface area (Å²) < 4.78 is 32.4. The fraction of sp³-hybridized carbons (Fsp3) is 0.375. The van der Waals surface area contributed by atoms with Gasteiger partial charge in [-0.1, -0.05) is 75.4 Å². The molecule has 2 amide bonds. The minimum Gasteiger partial charge on any atom is -0.497 e. The van der Waals surface area contributed by atoms with Crippen LogP contribution >= 0.6 is 0 Å². The molecule has 1 N–H and O–H groups in total. The molecular weight excluding hydrogens is 538 g/mol. The van der Waals surface area contributed by atoms with Crippen molar-refractivity contribution >= 4 is 27.5 Å². The van der Waals surface area contributed by atoms with Crippen LogP contribution in [0.5, 0.6) is 5.75 Å². The lowest BCUT2D eigenvalue weighted by atomic mass is 9.87. The summed E-state index contributed by atoms with van der Waals surface area (Å²) in [6, 6.07) is 23.0. The van der Waals surface area contributed by atoms with Gasteiger partial charge >= 0.3 is 0 Å². The highest BCUT2D eigenvalue weighted by Gasteiger charge is 2.33. The number of nitrogens with one attached hydrogen (secondary N) is 1. The number of likely N-dealkylation sites (N-methyl/N-ethyl adjacent to an activating group) is 1. The van der Waals surface area contributed by atoms with E-state index in [2.05, 4.69) is 26.1 Å². The molecule has 0 heterocycles. The summed E-state index contributed by atoms with van der Waals surface area (Å²) in [5, 5.41) is 2.86. The third-order valence-electron chi connectivity index (χ3n) is 6.81. The van der Waals surface area contributed by atoms with Crippen LogP contribution in [0, 0.1) is 0 Å². The molecule has 1 atom stereocenters. The van der Waals surface area contributed by atoms with Crippen LogP contribution in [0.1, 0.15) is 44.4 Å². The molecule has 0 fully saturated rings. The third-order valence-corrected chi connectivity index (χ3v) is 7.95. The predicted molar refractivity (Wildman–Crippen MR) is 163 cm³/mol. The van der Waals surface area contributed by atoms with Crippen LogP contribution in [-0.4, -0.2) is 57.6 Å². The Balaban J connectivity index is 2.04. The second kappa shape index (κ2) is 13.7. The van der Waals surface area contributed by atoms with Gasteiger partial charge < -0.3 is 15.0 Å². The number of nitrogens with zero attached hydrogens (tertiary/aromatic N) is 2. The number of hydrogen-bond donors (Lipinski definition) is 1. The number of benzene rings is 3. The summed E-state index contributed by atoms with van der Waals surface area (Å²) in [6.07, 6.45) is 1.34. The molecule has 3 aromatic carbocycles. The highest BCUT2D eigenvalue weighted by Crippen LogP contribution is 2.26. The van der Waals surface area contributed by atoms with E-state index in [4.69, 9.17) is 4.74 Å². The second-order valence-corrected chi connectivity index (χ2v) is 12.9. The van der Waals surface area contributed by atoms with E-state index in [0.29, 0.717) is 18.0 Å². The second-order valence-electron chi connectivity index (χ2n) is 11.0. The van der Waals surface area contributed by atoms with Crippen LogP contribution in [0.4, 0.5) is 5.69 Å². The molecule has 0 aliphatic carbocycles. The summed E-state index contributed by atoms with van der Waals surface area (Å²) >= 11 is 0. The van der Waals surface area contributed by atoms with Crippen molar-refractivity contribution in [1.82, 2.24) is 10.2 Å². The van der Waals surface area contributed by atoms with Gasteiger partial charge in [0.1, 0.15) is 18.3 Å². The third kappa shape index (κ3) is 8.82. The number of amides is 2. The number of carbonyl (C=O) groups excluding carboxylic acids is 2. The Kier molecular flexibility index (Phi) is 10.6. The van der Waals surface area contributed by atoms with Crippen LogP contribution in [0.3, 0.4) is 0 Å². The Morgan fingerprint density at radius 3 is 2.12 bits per heavy atom. The largest absolute Gasteiger partial charge is 0.497 e. The van der Waals surface area contributed by atoms with E-state index in [0.717, 1.165) is 27.3 Å². The monoisotopic (exact) mass is 579 g/mol. The molecule has 1 unspecified atom stereocenters. The van der Waals surface area contributed by atoms with E-state index in [1.165, 1.54) is 4.90 Å². The lowest BCUT2D eigenvalue weighted by Crippen LogP contribution is -2.53. The minimum absolute atomic E-state index is 0.0885. The van der Waals surface area contributed by atoms with Gasteiger partial charge in [-0.25, -0.2) is 8.42 Å². The van der Waals surface area contributed by atoms with Gasteiger partial charge in [-0.2, -0.15) is 0 Å². The van der Waals surface area contributed by atoms with E-state index in [1.807, 2.05) is 61.5 Å². The molecule has 3 aromatic rings. The Bertz CT molecular complexity index is 1420. The zero-order valence-electron chi connectivity index (χ0n) is 24.8. The molecule has 41 heavy (non-hydrogen) atoms. The smallest absolute Gasteiger partial charge is 0.244 e. The van der Waals surface area contributed by atoms with Crippen LogP contribution in [0.15, 0.2) is 78.9 Å². The van der Waals surface area contributed by atoms with Gasteiger partial charge in [0.25, 0.3) is 0 Å². The lowest BCUT2D eigenvalue weighted by molar-refractivity contribution is -0.140. The van der Waals surface area contributed by atoms with Crippen molar-refractivity contribution in [3.05, 3.63) is 95.6 Å². The molecule has 0 radical (unpaired) electrons. The molecule has 220 valence electrons. The van der Waals surface area contributed by atoms with Crippen LogP contribution in [0.2, 0.25) is 0 Å². The number of methoxy groups -OCH3 is 1. The van der Waals surface area contributed by atoms with E-state index in [-0.39, 0.29) is 24.3 Å². The quantitative estimate of drug-likeness (QED) is 0.340. The number of sulfonamides is 1. The predicted octanol–water partition coefficient (Wildman–Crippen LogP) is 4.53. The van der Waals surface area contributed by atoms with Crippen LogP contribution in [0.25, 0.3) is 0 Å². The summed E-state index contributed by atoms with van der Waals surface area (Å²) in [5.74, 6) is -0.192. The SMILES string of the molecule is CCNC(=O)C(Cc1ccccc1)N(Cc1cccc(OC)c1)C(=O)CN(c1ccc(C(C)(C)C)cc1)S(C)(=O)=O. The topological polar surface area (TPSA) is 96.0 Å². The number of carbonyl (C=O) groups is 2. The van der Waals surface area contributed by atoms with Gasteiger partial charge in [0.05, 0.1) is 19.1 Å². The average molecular weight is 580 g/mol. The molecular formula is C32H41N3O5S. The van der Waals surface area contributed by atoms with E-state index < -0.39 is 28.5 Å². The molecule has 0 spiro atoms. The van der Waals surface area contributed by atoms with Gasteiger partial charge in [0.2, 0.25) is 21.8 Å². The zero-order chi connectivity index (χ0) is 30.2. The highest BCUT2D eigenvalue weighted by atomic mass is 32.2. The summed E-state index contributed by atoms with van der Waals surface area (Å²) in [6.45, 7) is 8.06. The maximum atomic E-state index is 14.1. The number of ether oxygens (including phenoxy) is 1. The molecule has 0 bridgehead atoms. The highest BCUT2D eigenvalue weighted by molar-refractivity contribution is 7.92. The van der Waals surface area contributed by atoms with Crippen LogP contribution < -0.4 is 14.4 Å². The van der Waals surface area contributed by atoms with Crippen molar-refractivity contribution in [2.24, 2.45) is 0 Å². The Hall–Kier alpha value is -3.85. The minimum atomic E-state index is -3.83.